The van der Waals surface area contributed by atoms with E-state index in [-0.39, 0.29) is 21.4 Å². The number of rotatable bonds is 5. The first-order chi connectivity index (χ1) is 11.0. The molecule has 0 bridgehead atoms. The van der Waals surface area contributed by atoms with Crippen molar-refractivity contribution < 1.29 is 31.5 Å². The summed E-state index contributed by atoms with van der Waals surface area (Å²) in [5, 5.41) is 8.73. The lowest BCUT2D eigenvalue weighted by Crippen LogP contribution is -2.45. The van der Waals surface area contributed by atoms with Crippen LogP contribution >= 0.6 is 22.6 Å². The van der Waals surface area contributed by atoms with Gasteiger partial charge >= 0.3 is 18.1 Å². The Morgan fingerprint density at radius 1 is 1.33 bits per heavy atom. The first-order valence-electron chi connectivity index (χ1n) is 6.40. The Morgan fingerprint density at radius 3 is 2.42 bits per heavy atom. The Labute approximate surface area is 147 Å². The second-order valence-electron chi connectivity index (χ2n) is 4.39. The summed E-state index contributed by atoms with van der Waals surface area (Å²) in [5.74, 6) is -6.54. The van der Waals surface area contributed by atoms with Gasteiger partial charge in [0.1, 0.15) is 5.71 Å². The summed E-state index contributed by atoms with van der Waals surface area (Å²) in [7, 11) is 0. The predicted molar refractivity (Wildman–Crippen MR) is 83.2 cm³/mol. The van der Waals surface area contributed by atoms with Gasteiger partial charge in [-0.05, 0) is 47.7 Å². The van der Waals surface area contributed by atoms with E-state index in [9.17, 15) is 26.7 Å². The van der Waals surface area contributed by atoms with Crippen LogP contribution in [0.25, 0.3) is 0 Å². The third kappa shape index (κ3) is 4.86. The molecule has 0 amide bonds. The molecule has 24 heavy (non-hydrogen) atoms. The van der Waals surface area contributed by atoms with Crippen LogP contribution < -0.4 is 0 Å². The maximum absolute atomic E-state index is 13.6. The molecule has 1 rings (SSSR count). The van der Waals surface area contributed by atoms with E-state index in [2.05, 4.69) is 9.73 Å². The standard InChI is InChI=1S/C14H10F5IN2O2/c1-2-24-12(23)6-11(13(15,16)14(17,18)19)22-10-4-3-8(7-21)5-9(10)20/h3-5H,2,6H2,1H3. The molecule has 0 aliphatic carbocycles. The minimum absolute atomic E-state index is 0.169. The topological polar surface area (TPSA) is 62.4 Å². The summed E-state index contributed by atoms with van der Waals surface area (Å²) in [4.78, 5) is 14.7. The number of hydrogen-bond acceptors (Lipinski definition) is 4. The van der Waals surface area contributed by atoms with Gasteiger partial charge in [-0.1, -0.05) is 0 Å². The fourth-order valence-electron chi connectivity index (χ4n) is 1.55. The highest BCUT2D eigenvalue weighted by Gasteiger charge is 2.61. The minimum atomic E-state index is -5.91. The molecule has 1 aromatic rings. The molecule has 4 nitrogen and oxygen atoms in total. The smallest absolute Gasteiger partial charge is 0.459 e. The van der Waals surface area contributed by atoms with Crippen molar-refractivity contribution in [1.82, 2.24) is 0 Å². The number of ether oxygens (including phenoxy) is 1. The van der Waals surface area contributed by atoms with Crippen molar-refractivity contribution in [3.63, 3.8) is 0 Å². The Balaban J connectivity index is 3.37. The second-order valence-corrected chi connectivity index (χ2v) is 5.55. The number of nitrogens with zero attached hydrogens (tertiary/aromatic N) is 2. The number of hydrogen-bond donors (Lipinski definition) is 0. The zero-order valence-electron chi connectivity index (χ0n) is 12.1. The second kappa shape index (κ2) is 7.87. The van der Waals surface area contributed by atoms with Crippen molar-refractivity contribution in [3.05, 3.63) is 27.3 Å². The fraction of sp³-hybridized carbons (Fsp3) is 0.357. The highest BCUT2D eigenvalue weighted by Crippen LogP contribution is 2.39. The number of alkyl halides is 5. The molecule has 0 saturated heterocycles. The van der Waals surface area contributed by atoms with Gasteiger partial charge in [0.25, 0.3) is 0 Å². The average Bonchev–Trinajstić information content (AvgIpc) is 2.47. The largest absolute Gasteiger partial charge is 0.466 e. The molecule has 0 aliphatic rings. The zero-order valence-corrected chi connectivity index (χ0v) is 14.3. The minimum Gasteiger partial charge on any atom is -0.466 e. The van der Waals surface area contributed by atoms with E-state index in [1.54, 1.807) is 28.7 Å². The molecule has 0 heterocycles. The van der Waals surface area contributed by atoms with E-state index in [4.69, 9.17) is 5.26 Å². The highest BCUT2D eigenvalue weighted by atomic mass is 127. The lowest BCUT2D eigenvalue weighted by Gasteiger charge is -2.21. The number of aliphatic imine (C=N–C) groups is 1. The van der Waals surface area contributed by atoms with Crippen LogP contribution in [0.1, 0.15) is 18.9 Å². The van der Waals surface area contributed by atoms with Crippen molar-refractivity contribution in [2.75, 3.05) is 6.61 Å². The van der Waals surface area contributed by atoms with Gasteiger partial charge < -0.3 is 4.74 Å². The van der Waals surface area contributed by atoms with Crippen LogP contribution in [0, 0.1) is 14.9 Å². The van der Waals surface area contributed by atoms with E-state index < -0.39 is 30.2 Å². The van der Waals surface area contributed by atoms with Gasteiger partial charge in [0.05, 0.1) is 30.3 Å². The van der Waals surface area contributed by atoms with Crippen molar-refractivity contribution >= 4 is 40.0 Å². The fourth-order valence-corrected chi connectivity index (χ4v) is 2.18. The Morgan fingerprint density at radius 2 is 1.96 bits per heavy atom. The van der Waals surface area contributed by atoms with Crippen LogP contribution in [-0.2, 0) is 9.53 Å². The molecule has 0 unspecified atom stereocenters. The molecular formula is C14H10F5IN2O2. The highest BCUT2D eigenvalue weighted by molar-refractivity contribution is 14.1. The number of nitriles is 1. The molecule has 0 saturated carbocycles. The van der Waals surface area contributed by atoms with Gasteiger partial charge in [-0.2, -0.15) is 27.2 Å². The van der Waals surface area contributed by atoms with Crippen LogP contribution in [0.2, 0.25) is 0 Å². The van der Waals surface area contributed by atoms with Gasteiger partial charge in [-0.15, -0.1) is 0 Å². The monoisotopic (exact) mass is 460 g/mol. The first-order valence-corrected chi connectivity index (χ1v) is 7.48. The van der Waals surface area contributed by atoms with Crippen molar-refractivity contribution in [2.24, 2.45) is 4.99 Å². The summed E-state index contributed by atoms with van der Waals surface area (Å²) in [6.07, 6.45) is -7.22. The summed E-state index contributed by atoms with van der Waals surface area (Å²) in [6.45, 7) is 1.22. The van der Waals surface area contributed by atoms with E-state index in [1.807, 2.05) is 0 Å². The molecule has 0 radical (unpaired) electrons. The molecule has 0 atom stereocenters. The Hall–Kier alpha value is -1.77. The number of benzene rings is 1. The molecule has 0 aliphatic heterocycles. The average molecular weight is 460 g/mol. The SMILES string of the molecule is CCOC(=O)CC(=Nc1ccc(C#N)cc1I)C(F)(F)C(F)(F)F. The van der Waals surface area contributed by atoms with Crippen molar-refractivity contribution in [2.45, 2.75) is 25.4 Å². The lowest BCUT2D eigenvalue weighted by atomic mass is 10.1. The Kier molecular flexibility index (Phi) is 6.65. The van der Waals surface area contributed by atoms with Crippen LogP contribution in [0.4, 0.5) is 27.6 Å². The molecule has 0 N–H and O–H groups in total. The number of esters is 1. The number of carbonyl (C=O) groups is 1. The number of carbonyl (C=O) groups excluding carboxylic acids is 1. The summed E-state index contributed by atoms with van der Waals surface area (Å²) in [5.41, 5.74) is -1.69. The van der Waals surface area contributed by atoms with E-state index in [0.717, 1.165) is 6.07 Å². The molecule has 0 aromatic heterocycles. The van der Waals surface area contributed by atoms with Crippen LogP contribution in [0.5, 0.6) is 0 Å². The van der Waals surface area contributed by atoms with Crippen LogP contribution in [0.3, 0.4) is 0 Å². The quantitative estimate of drug-likeness (QED) is 0.284. The lowest BCUT2D eigenvalue weighted by molar-refractivity contribution is -0.249. The van der Waals surface area contributed by atoms with Gasteiger partial charge in [-0.3, -0.25) is 4.79 Å². The van der Waals surface area contributed by atoms with Crippen LogP contribution in [-0.4, -0.2) is 30.4 Å². The van der Waals surface area contributed by atoms with E-state index in [0.29, 0.717) is 0 Å². The normalized spacial score (nSPS) is 12.7. The van der Waals surface area contributed by atoms with E-state index in [1.165, 1.54) is 19.1 Å². The van der Waals surface area contributed by atoms with E-state index >= 15 is 0 Å². The third-order valence-corrected chi connectivity index (χ3v) is 3.53. The molecular weight excluding hydrogens is 450 g/mol. The molecule has 1 aromatic carbocycles. The number of halogens is 6. The zero-order chi connectivity index (χ0) is 18.5. The van der Waals surface area contributed by atoms with Gasteiger partial charge in [0.2, 0.25) is 0 Å². The maximum Gasteiger partial charge on any atom is 0.459 e. The molecule has 0 spiro atoms. The molecule has 0 fully saturated rings. The summed E-state index contributed by atoms with van der Waals surface area (Å²) >= 11 is 1.64. The van der Waals surface area contributed by atoms with Gasteiger partial charge in [0, 0.05) is 3.57 Å². The third-order valence-electron chi connectivity index (χ3n) is 2.67. The predicted octanol–water partition coefficient (Wildman–Crippen LogP) is 4.39. The summed E-state index contributed by atoms with van der Waals surface area (Å²) < 4.78 is 69.7. The Bertz CT molecular complexity index is 695. The van der Waals surface area contributed by atoms with Crippen molar-refractivity contribution in [3.8, 4) is 6.07 Å². The molecule has 10 heteroatoms. The maximum atomic E-state index is 13.6. The molecule has 130 valence electrons. The first kappa shape index (κ1) is 20.3. The van der Waals surface area contributed by atoms with Gasteiger partial charge in [-0.25, -0.2) is 4.99 Å². The van der Waals surface area contributed by atoms with Gasteiger partial charge in [0.15, 0.2) is 0 Å². The van der Waals surface area contributed by atoms with Crippen molar-refractivity contribution in [1.29, 1.82) is 5.26 Å². The van der Waals surface area contributed by atoms with Crippen LogP contribution in [0.15, 0.2) is 23.2 Å². The summed E-state index contributed by atoms with van der Waals surface area (Å²) in [6, 6.07) is 5.41.